The molecule has 2 aliphatic rings. The lowest BCUT2D eigenvalue weighted by Crippen LogP contribution is -2.39. The number of rotatable bonds is 2. The third-order valence-corrected chi connectivity index (χ3v) is 4.14. The minimum atomic E-state index is 0.0501. The van der Waals surface area contributed by atoms with E-state index in [-0.39, 0.29) is 5.60 Å². The topological polar surface area (TPSA) is 60.6 Å². The Bertz CT molecular complexity index is 458. The van der Waals surface area contributed by atoms with Crippen LogP contribution in [-0.4, -0.2) is 37.4 Å². The minimum Gasteiger partial charge on any atom is -0.479 e. The first kappa shape index (κ1) is 12.5. The third kappa shape index (κ3) is 2.34. The Morgan fingerprint density at radius 3 is 3.00 bits per heavy atom. The summed E-state index contributed by atoms with van der Waals surface area (Å²) in [6.45, 7) is 2.81. The number of anilines is 2. The maximum Gasteiger partial charge on any atom is 0.238 e. The van der Waals surface area contributed by atoms with Gasteiger partial charge in [0.2, 0.25) is 5.88 Å². The lowest BCUT2D eigenvalue weighted by atomic mass is 9.93. The van der Waals surface area contributed by atoms with E-state index in [9.17, 15) is 0 Å². The van der Waals surface area contributed by atoms with Crippen LogP contribution in [-0.2, 0) is 4.74 Å². The van der Waals surface area contributed by atoms with Crippen LogP contribution in [0.4, 0.5) is 11.5 Å². The van der Waals surface area contributed by atoms with Gasteiger partial charge < -0.3 is 20.1 Å². The Kier molecular flexibility index (Phi) is 3.22. The number of pyridine rings is 1. The molecule has 0 radical (unpaired) electrons. The number of hydrogen-bond acceptors (Lipinski definition) is 5. The number of hydrogen-bond donors (Lipinski definition) is 1. The van der Waals surface area contributed by atoms with E-state index in [0.717, 1.165) is 38.4 Å². The van der Waals surface area contributed by atoms with Crippen molar-refractivity contribution in [1.82, 2.24) is 4.98 Å². The molecule has 0 aliphatic carbocycles. The molecule has 0 saturated carbocycles. The van der Waals surface area contributed by atoms with Gasteiger partial charge in [-0.1, -0.05) is 0 Å². The van der Waals surface area contributed by atoms with Gasteiger partial charge in [-0.25, -0.2) is 0 Å². The molecule has 1 spiro atoms. The summed E-state index contributed by atoms with van der Waals surface area (Å²) in [4.78, 5) is 6.75. The molecule has 1 atom stereocenters. The van der Waals surface area contributed by atoms with Crippen LogP contribution in [0.2, 0.25) is 0 Å². The molecule has 2 N–H and O–H groups in total. The fraction of sp³-hybridized carbons (Fsp3) is 0.643. The molecule has 104 valence electrons. The van der Waals surface area contributed by atoms with Crippen LogP contribution in [0.25, 0.3) is 0 Å². The first-order valence-corrected chi connectivity index (χ1v) is 6.92. The van der Waals surface area contributed by atoms with Gasteiger partial charge in [-0.15, -0.1) is 0 Å². The molecule has 5 nitrogen and oxygen atoms in total. The number of nitrogens with zero attached hydrogens (tertiary/aromatic N) is 2. The van der Waals surface area contributed by atoms with Crippen molar-refractivity contribution in [2.24, 2.45) is 0 Å². The largest absolute Gasteiger partial charge is 0.479 e. The van der Waals surface area contributed by atoms with Crippen LogP contribution in [0.3, 0.4) is 0 Å². The second-order valence-electron chi connectivity index (χ2n) is 5.43. The summed E-state index contributed by atoms with van der Waals surface area (Å²) in [5, 5.41) is 0. The normalized spacial score (nSPS) is 26.9. The highest BCUT2D eigenvalue weighted by Crippen LogP contribution is 2.36. The van der Waals surface area contributed by atoms with Crippen molar-refractivity contribution in [3.8, 4) is 5.88 Å². The quantitative estimate of drug-likeness (QED) is 0.882. The Morgan fingerprint density at radius 2 is 2.26 bits per heavy atom. The lowest BCUT2D eigenvalue weighted by molar-refractivity contribution is -0.0622. The molecule has 5 heteroatoms. The molecule has 2 aliphatic heterocycles. The Labute approximate surface area is 113 Å². The van der Waals surface area contributed by atoms with Gasteiger partial charge in [-0.2, -0.15) is 4.98 Å². The van der Waals surface area contributed by atoms with Crippen molar-refractivity contribution in [1.29, 1.82) is 0 Å². The molecular formula is C14H21N3O2. The summed E-state index contributed by atoms with van der Waals surface area (Å²) in [5.41, 5.74) is 6.43. The number of aromatic nitrogens is 1. The van der Waals surface area contributed by atoms with E-state index in [0.29, 0.717) is 11.6 Å². The molecule has 3 heterocycles. The lowest BCUT2D eigenvalue weighted by Gasteiger charge is -2.33. The molecule has 2 fully saturated rings. The monoisotopic (exact) mass is 263 g/mol. The highest BCUT2D eigenvalue weighted by Gasteiger charge is 2.40. The van der Waals surface area contributed by atoms with Crippen LogP contribution >= 0.6 is 0 Å². The molecule has 3 rings (SSSR count). The summed E-state index contributed by atoms with van der Waals surface area (Å²) in [6, 6.07) is 3.81. The zero-order valence-corrected chi connectivity index (χ0v) is 11.4. The average Bonchev–Trinajstić information content (AvgIpc) is 2.84. The van der Waals surface area contributed by atoms with E-state index >= 15 is 0 Å². The van der Waals surface area contributed by atoms with E-state index in [4.69, 9.17) is 15.2 Å². The van der Waals surface area contributed by atoms with Gasteiger partial charge in [0.25, 0.3) is 0 Å². The van der Waals surface area contributed by atoms with E-state index in [1.54, 1.807) is 7.11 Å². The van der Waals surface area contributed by atoms with E-state index in [1.165, 1.54) is 12.8 Å². The van der Waals surface area contributed by atoms with Gasteiger partial charge in [-0.3, -0.25) is 0 Å². The molecule has 0 amide bonds. The van der Waals surface area contributed by atoms with Gasteiger partial charge >= 0.3 is 0 Å². The predicted octanol–water partition coefficient (Wildman–Crippen LogP) is 1.82. The maximum atomic E-state index is 6.03. The fourth-order valence-electron chi connectivity index (χ4n) is 3.05. The van der Waals surface area contributed by atoms with Gasteiger partial charge in [0.15, 0.2) is 0 Å². The maximum absolute atomic E-state index is 6.03. The Hall–Kier alpha value is -1.49. The molecule has 1 unspecified atom stereocenters. The minimum absolute atomic E-state index is 0.0501. The molecular weight excluding hydrogens is 242 g/mol. The molecule has 0 bridgehead atoms. The summed E-state index contributed by atoms with van der Waals surface area (Å²) in [5.74, 6) is 1.43. The molecule has 2 saturated heterocycles. The van der Waals surface area contributed by atoms with Crippen molar-refractivity contribution in [2.45, 2.75) is 31.3 Å². The predicted molar refractivity (Wildman–Crippen MR) is 74.6 cm³/mol. The highest BCUT2D eigenvalue weighted by atomic mass is 16.5. The molecule has 19 heavy (non-hydrogen) atoms. The first-order chi connectivity index (χ1) is 9.22. The second-order valence-corrected chi connectivity index (χ2v) is 5.43. The summed E-state index contributed by atoms with van der Waals surface area (Å²) < 4.78 is 11.2. The van der Waals surface area contributed by atoms with E-state index in [2.05, 4.69) is 9.88 Å². The zero-order chi connectivity index (χ0) is 13.3. The van der Waals surface area contributed by atoms with E-state index in [1.807, 2.05) is 12.1 Å². The zero-order valence-electron chi connectivity index (χ0n) is 11.4. The van der Waals surface area contributed by atoms with Crippen LogP contribution in [0.5, 0.6) is 5.88 Å². The van der Waals surface area contributed by atoms with Crippen molar-refractivity contribution in [3.05, 3.63) is 12.1 Å². The number of nitrogens with two attached hydrogens (primary N) is 1. The highest BCUT2D eigenvalue weighted by molar-refractivity contribution is 5.55. The van der Waals surface area contributed by atoms with Crippen LogP contribution in [0.15, 0.2) is 12.1 Å². The van der Waals surface area contributed by atoms with E-state index < -0.39 is 0 Å². The summed E-state index contributed by atoms with van der Waals surface area (Å²) >= 11 is 0. The van der Waals surface area contributed by atoms with Crippen molar-refractivity contribution < 1.29 is 9.47 Å². The Morgan fingerprint density at radius 1 is 1.37 bits per heavy atom. The van der Waals surface area contributed by atoms with Crippen LogP contribution in [0.1, 0.15) is 25.7 Å². The first-order valence-electron chi connectivity index (χ1n) is 6.92. The van der Waals surface area contributed by atoms with Gasteiger partial charge in [0.1, 0.15) is 5.82 Å². The van der Waals surface area contributed by atoms with Gasteiger partial charge in [0.05, 0.1) is 18.4 Å². The average molecular weight is 263 g/mol. The standard InChI is InChI=1S/C14H21N3O2/c1-18-13-11(15)4-5-12(16-13)17-8-7-14(10-17)6-2-3-9-19-14/h4-5H,2-3,6-10,15H2,1H3. The van der Waals surface area contributed by atoms with Crippen LogP contribution in [0, 0.1) is 0 Å². The summed E-state index contributed by atoms with van der Waals surface area (Å²) in [7, 11) is 1.60. The molecule has 1 aromatic rings. The number of ether oxygens (including phenoxy) is 2. The summed E-state index contributed by atoms with van der Waals surface area (Å²) in [6.07, 6.45) is 4.71. The smallest absolute Gasteiger partial charge is 0.238 e. The van der Waals surface area contributed by atoms with Gasteiger partial charge in [-0.05, 0) is 37.8 Å². The van der Waals surface area contributed by atoms with Crippen LogP contribution < -0.4 is 15.4 Å². The number of nitrogen functional groups attached to an aromatic ring is 1. The van der Waals surface area contributed by atoms with Crippen molar-refractivity contribution in [3.63, 3.8) is 0 Å². The van der Waals surface area contributed by atoms with Gasteiger partial charge in [0, 0.05) is 19.7 Å². The number of methoxy groups -OCH3 is 1. The molecule has 0 aromatic carbocycles. The molecule has 1 aromatic heterocycles. The Balaban J connectivity index is 1.77. The fourth-order valence-corrected chi connectivity index (χ4v) is 3.05. The van der Waals surface area contributed by atoms with Crippen molar-refractivity contribution in [2.75, 3.05) is 37.4 Å². The SMILES string of the molecule is COc1nc(N2CCC3(CCCCO3)C2)ccc1N. The third-order valence-electron chi connectivity index (χ3n) is 4.14. The van der Waals surface area contributed by atoms with Crippen molar-refractivity contribution >= 4 is 11.5 Å². The second kappa shape index (κ2) is 4.89.